The SMILES string of the molecule is COc1nc2c(c3ccccc13)c1cc(Cl)ccc1n2C. The Labute approximate surface area is 126 Å². The van der Waals surface area contributed by atoms with E-state index in [9.17, 15) is 0 Å². The lowest BCUT2D eigenvalue weighted by molar-refractivity contribution is 0.404. The van der Waals surface area contributed by atoms with Crippen molar-refractivity contribution in [2.24, 2.45) is 7.05 Å². The molecule has 0 aliphatic heterocycles. The largest absolute Gasteiger partial charge is 0.480 e. The Kier molecular flexibility index (Phi) is 2.59. The van der Waals surface area contributed by atoms with Crippen molar-refractivity contribution in [3.8, 4) is 5.88 Å². The maximum absolute atomic E-state index is 6.18. The molecular weight excluding hydrogens is 284 g/mol. The van der Waals surface area contributed by atoms with Gasteiger partial charge in [-0.2, -0.15) is 4.98 Å². The normalized spacial score (nSPS) is 11.6. The lowest BCUT2D eigenvalue weighted by atomic mass is 10.1. The summed E-state index contributed by atoms with van der Waals surface area (Å²) < 4.78 is 7.54. The van der Waals surface area contributed by atoms with Crippen LogP contribution in [0, 0.1) is 0 Å². The number of aromatic nitrogens is 2. The molecule has 4 rings (SSSR count). The smallest absolute Gasteiger partial charge is 0.223 e. The molecule has 4 aromatic rings. The zero-order valence-corrected chi connectivity index (χ0v) is 12.5. The minimum absolute atomic E-state index is 0.648. The molecule has 0 radical (unpaired) electrons. The summed E-state index contributed by atoms with van der Waals surface area (Å²) in [4.78, 5) is 4.69. The highest BCUT2D eigenvalue weighted by Crippen LogP contribution is 2.37. The van der Waals surface area contributed by atoms with E-state index in [2.05, 4.69) is 15.6 Å². The number of hydrogen-bond donors (Lipinski definition) is 0. The van der Waals surface area contributed by atoms with Gasteiger partial charge in [-0.05, 0) is 29.7 Å². The summed E-state index contributed by atoms with van der Waals surface area (Å²) in [5.41, 5.74) is 2.02. The number of rotatable bonds is 1. The van der Waals surface area contributed by atoms with Crippen LogP contribution in [0.1, 0.15) is 0 Å². The van der Waals surface area contributed by atoms with E-state index in [-0.39, 0.29) is 0 Å². The van der Waals surface area contributed by atoms with Crippen LogP contribution in [-0.2, 0) is 7.05 Å². The van der Waals surface area contributed by atoms with E-state index < -0.39 is 0 Å². The Morgan fingerprint density at radius 2 is 1.81 bits per heavy atom. The minimum Gasteiger partial charge on any atom is -0.480 e. The number of benzene rings is 2. The van der Waals surface area contributed by atoms with Crippen molar-refractivity contribution >= 4 is 44.3 Å². The molecule has 2 aromatic carbocycles. The third-order valence-electron chi connectivity index (χ3n) is 3.96. The average Bonchev–Trinajstić information content (AvgIpc) is 2.79. The van der Waals surface area contributed by atoms with Gasteiger partial charge in [-0.25, -0.2) is 0 Å². The molecule has 0 fully saturated rings. The molecule has 0 aliphatic carbocycles. The van der Waals surface area contributed by atoms with Crippen molar-refractivity contribution in [2.75, 3.05) is 7.11 Å². The zero-order chi connectivity index (χ0) is 14.6. The predicted octanol–water partition coefficient (Wildman–Crippen LogP) is 4.54. The van der Waals surface area contributed by atoms with Crippen LogP contribution in [0.3, 0.4) is 0 Å². The molecule has 0 spiro atoms. The molecule has 0 unspecified atom stereocenters. The van der Waals surface area contributed by atoms with Gasteiger partial charge in [0, 0.05) is 28.2 Å². The Morgan fingerprint density at radius 3 is 2.57 bits per heavy atom. The van der Waals surface area contributed by atoms with Gasteiger partial charge in [-0.1, -0.05) is 29.8 Å². The van der Waals surface area contributed by atoms with Gasteiger partial charge in [0.05, 0.1) is 12.6 Å². The first kappa shape index (κ1) is 12.5. The second kappa shape index (κ2) is 4.37. The summed E-state index contributed by atoms with van der Waals surface area (Å²) in [7, 11) is 3.67. The van der Waals surface area contributed by atoms with E-state index in [4.69, 9.17) is 16.3 Å². The fraction of sp³-hybridized carbons (Fsp3) is 0.118. The summed E-state index contributed by atoms with van der Waals surface area (Å²) in [6.45, 7) is 0. The van der Waals surface area contributed by atoms with E-state index in [0.717, 1.165) is 37.7 Å². The summed E-state index contributed by atoms with van der Waals surface area (Å²) in [5.74, 6) is 0.648. The summed E-state index contributed by atoms with van der Waals surface area (Å²) in [5, 5.41) is 5.11. The molecule has 2 heterocycles. The second-order valence-corrected chi connectivity index (χ2v) is 5.52. The van der Waals surface area contributed by atoms with Crippen LogP contribution in [0.15, 0.2) is 42.5 Å². The van der Waals surface area contributed by atoms with Crippen LogP contribution in [0.2, 0.25) is 5.02 Å². The van der Waals surface area contributed by atoms with E-state index in [1.54, 1.807) is 7.11 Å². The molecule has 0 aliphatic rings. The van der Waals surface area contributed by atoms with Crippen LogP contribution in [0.4, 0.5) is 0 Å². The fourth-order valence-corrected chi connectivity index (χ4v) is 3.17. The molecule has 0 saturated carbocycles. The monoisotopic (exact) mass is 296 g/mol. The first-order valence-electron chi connectivity index (χ1n) is 6.71. The lowest BCUT2D eigenvalue weighted by Gasteiger charge is -2.06. The van der Waals surface area contributed by atoms with Gasteiger partial charge >= 0.3 is 0 Å². The van der Waals surface area contributed by atoms with Crippen LogP contribution in [0.25, 0.3) is 32.7 Å². The number of ether oxygens (including phenoxy) is 1. The number of pyridine rings is 1. The van der Waals surface area contributed by atoms with Crippen molar-refractivity contribution < 1.29 is 4.74 Å². The zero-order valence-electron chi connectivity index (χ0n) is 11.7. The Balaban J connectivity index is 2.36. The van der Waals surface area contributed by atoms with Crippen molar-refractivity contribution in [2.45, 2.75) is 0 Å². The number of nitrogens with zero attached hydrogens (tertiary/aromatic N) is 2. The molecular formula is C17H13ClN2O. The number of hydrogen-bond acceptors (Lipinski definition) is 2. The Hall–Kier alpha value is -2.26. The van der Waals surface area contributed by atoms with E-state index >= 15 is 0 Å². The van der Waals surface area contributed by atoms with Gasteiger partial charge in [0.2, 0.25) is 5.88 Å². The lowest BCUT2D eigenvalue weighted by Crippen LogP contribution is -1.94. The molecule has 0 atom stereocenters. The number of fused-ring (bicyclic) bond motifs is 5. The number of halogens is 1. The molecule has 0 saturated heterocycles. The molecule has 2 aromatic heterocycles. The van der Waals surface area contributed by atoms with Gasteiger partial charge in [-0.15, -0.1) is 0 Å². The van der Waals surface area contributed by atoms with Crippen molar-refractivity contribution in [1.82, 2.24) is 9.55 Å². The molecule has 0 bridgehead atoms. The molecule has 0 N–H and O–H groups in total. The van der Waals surface area contributed by atoms with Gasteiger partial charge in [-0.3, -0.25) is 0 Å². The first-order chi connectivity index (χ1) is 10.2. The number of methoxy groups -OCH3 is 1. The van der Waals surface area contributed by atoms with E-state index in [0.29, 0.717) is 5.88 Å². The van der Waals surface area contributed by atoms with Crippen molar-refractivity contribution in [3.05, 3.63) is 47.5 Å². The third-order valence-corrected chi connectivity index (χ3v) is 4.19. The molecule has 4 heteroatoms. The van der Waals surface area contributed by atoms with Crippen molar-refractivity contribution in [3.63, 3.8) is 0 Å². The third kappa shape index (κ3) is 1.64. The van der Waals surface area contributed by atoms with Crippen molar-refractivity contribution in [1.29, 1.82) is 0 Å². The van der Waals surface area contributed by atoms with Crippen LogP contribution < -0.4 is 4.74 Å². The minimum atomic E-state index is 0.648. The highest BCUT2D eigenvalue weighted by atomic mass is 35.5. The maximum atomic E-state index is 6.18. The van der Waals surface area contributed by atoms with E-state index in [1.165, 1.54) is 0 Å². The predicted molar refractivity (Wildman–Crippen MR) is 87.3 cm³/mol. The van der Waals surface area contributed by atoms with Gasteiger partial charge in [0.25, 0.3) is 0 Å². The molecule has 104 valence electrons. The Morgan fingerprint density at radius 1 is 1.05 bits per heavy atom. The quantitative estimate of drug-likeness (QED) is 0.515. The topological polar surface area (TPSA) is 27.1 Å². The van der Waals surface area contributed by atoms with Crippen LogP contribution in [-0.4, -0.2) is 16.7 Å². The average molecular weight is 297 g/mol. The summed E-state index contributed by atoms with van der Waals surface area (Å²) in [6.07, 6.45) is 0. The molecule has 3 nitrogen and oxygen atoms in total. The van der Waals surface area contributed by atoms with Gasteiger partial charge < -0.3 is 9.30 Å². The first-order valence-corrected chi connectivity index (χ1v) is 7.09. The standard InChI is InChI=1S/C17H13ClN2O/c1-20-14-8-7-10(18)9-13(14)15-11-5-3-4-6-12(11)17(21-2)19-16(15)20/h3-9H,1-2H3. The molecule has 0 amide bonds. The second-order valence-electron chi connectivity index (χ2n) is 5.09. The maximum Gasteiger partial charge on any atom is 0.223 e. The molecule has 21 heavy (non-hydrogen) atoms. The van der Waals surface area contributed by atoms with Gasteiger partial charge in [0.1, 0.15) is 5.65 Å². The summed E-state index contributed by atoms with van der Waals surface area (Å²) >= 11 is 6.18. The summed E-state index contributed by atoms with van der Waals surface area (Å²) in [6, 6.07) is 14.1. The van der Waals surface area contributed by atoms with Gasteiger partial charge in [0.15, 0.2) is 0 Å². The highest BCUT2D eigenvalue weighted by molar-refractivity contribution is 6.32. The fourth-order valence-electron chi connectivity index (χ4n) is 3.00. The highest BCUT2D eigenvalue weighted by Gasteiger charge is 2.16. The number of aryl methyl sites for hydroxylation is 1. The van der Waals surface area contributed by atoms with Crippen LogP contribution >= 0.6 is 11.6 Å². The van der Waals surface area contributed by atoms with E-state index in [1.807, 2.05) is 43.4 Å². The van der Waals surface area contributed by atoms with Crippen LogP contribution in [0.5, 0.6) is 5.88 Å². The Bertz CT molecular complexity index is 1000.